The van der Waals surface area contributed by atoms with Gasteiger partial charge in [0, 0.05) is 12.4 Å². The van der Waals surface area contributed by atoms with Gasteiger partial charge in [0.1, 0.15) is 17.1 Å². The van der Waals surface area contributed by atoms with E-state index in [9.17, 15) is 14.5 Å². The van der Waals surface area contributed by atoms with Gasteiger partial charge in [0.2, 0.25) is 0 Å². The number of fused-ring (bicyclic) bond motifs is 1. The Morgan fingerprint density at radius 3 is 2.37 bits per heavy atom. The zero-order valence-corrected chi connectivity index (χ0v) is 17.9. The molecule has 3 N–H and O–H groups in total. The number of aliphatic imine (C=N–C) groups is 1. The number of aryl methyl sites for hydroxylation is 1. The predicted octanol–water partition coefficient (Wildman–Crippen LogP) is 3.17. The van der Waals surface area contributed by atoms with Crippen LogP contribution in [0.1, 0.15) is 19.4 Å². The van der Waals surface area contributed by atoms with Gasteiger partial charge in [-0.2, -0.15) is 0 Å². The standard InChI is InChI=1S/C21H24N3O5P/c1-4-28-30(27,29-5-2)17-13-9-7-11-15(17)23-20(22)18-19(25)14-10-6-8-12-16(14)24(3)21(18)26/h6-13,25H,4-5H2,1-3H3,(H2,22,23). The fraction of sp³-hybridized carbons (Fsp3) is 0.238. The maximum absolute atomic E-state index is 13.2. The molecule has 1 heterocycles. The largest absolute Gasteiger partial charge is 0.506 e. The molecule has 3 rings (SSSR count). The molecule has 9 heteroatoms. The molecule has 0 aliphatic carbocycles. The van der Waals surface area contributed by atoms with Crippen LogP contribution in [0, 0.1) is 0 Å². The highest BCUT2D eigenvalue weighted by Crippen LogP contribution is 2.49. The van der Waals surface area contributed by atoms with E-state index < -0.39 is 13.2 Å². The first-order valence-electron chi connectivity index (χ1n) is 9.48. The molecule has 30 heavy (non-hydrogen) atoms. The molecular formula is C21H24N3O5P. The Hall–Kier alpha value is -2.93. The Bertz CT molecular complexity index is 1210. The van der Waals surface area contributed by atoms with Gasteiger partial charge >= 0.3 is 7.60 Å². The molecule has 0 spiro atoms. The molecule has 0 saturated heterocycles. The summed E-state index contributed by atoms with van der Waals surface area (Å²) in [5, 5.41) is 11.4. The summed E-state index contributed by atoms with van der Waals surface area (Å²) in [6, 6.07) is 13.5. The molecule has 2 aromatic carbocycles. The van der Waals surface area contributed by atoms with Crippen LogP contribution in [0.5, 0.6) is 5.75 Å². The van der Waals surface area contributed by atoms with E-state index in [2.05, 4.69) is 4.99 Å². The summed E-state index contributed by atoms with van der Waals surface area (Å²) in [4.78, 5) is 17.2. The van der Waals surface area contributed by atoms with E-state index in [-0.39, 0.29) is 41.4 Å². The molecule has 1 aromatic heterocycles. The van der Waals surface area contributed by atoms with Crippen molar-refractivity contribution in [2.24, 2.45) is 17.8 Å². The SMILES string of the molecule is CCOP(=O)(OCC)c1ccccc1N=C(N)c1c(O)c2ccccc2n(C)c1=O. The molecule has 0 amide bonds. The highest BCUT2D eigenvalue weighted by molar-refractivity contribution is 7.62. The third kappa shape index (κ3) is 3.89. The molecule has 0 unspecified atom stereocenters. The van der Waals surface area contributed by atoms with Gasteiger partial charge in [-0.3, -0.25) is 9.36 Å². The van der Waals surface area contributed by atoms with Crippen LogP contribution in [-0.2, 0) is 20.7 Å². The van der Waals surface area contributed by atoms with Crippen LogP contribution < -0.4 is 16.6 Å². The zero-order chi connectivity index (χ0) is 21.9. The van der Waals surface area contributed by atoms with E-state index in [1.807, 2.05) is 0 Å². The summed E-state index contributed by atoms with van der Waals surface area (Å²) < 4.78 is 25.5. The summed E-state index contributed by atoms with van der Waals surface area (Å²) in [5.74, 6) is -0.462. The average molecular weight is 429 g/mol. The minimum atomic E-state index is -3.64. The second kappa shape index (κ2) is 8.83. The van der Waals surface area contributed by atoms with Gasteiger partial charge < -0.3 is 24.5 Å². The Balaban J connectivity index is 2.21. The minimum absolute atomic E-state index is 0.131. The van der Waals surface area contributed by atoms with E-state index in [0.29, 0.717) is 10.9 Å². The molecule has 0 bridgehead atoms. The number of pyridine rings is 1. The van der Waals surface area contributed by atoms with E-state index in [1.54, 1.807) is 69.4 Å². The quantitative estimate of drug-likeness (QED) is 0.339. The van der Waals surface area contributed by atoms with Gasteiger partial charge in [-0.15, -0.1) is 0 Å². The third-order valence-electron chi connectivity index (χ3n) is 4.55. The lowest BCUT2D eigenvalue weighted by Gasteiger charge is -2.18. The molecular weight excluding hydrogens is 405 g/mol. The maximum atomic E-state index is 13.2. The number of nitrogens with two attached hydrogens (primary N) is 1. The van der Waals surface area contributed by atoms with Crippen LogP contribution in [0.3, 0.4) is 0 Å². The van der Waals surface area contributed by atoms with Gasteiger partial charge in [-0.1, -0.05) is 24.3 Å². The van der Waals surface area contributed by atoms with Crippen LogP contribution >= 0.6 is 7.60 Å². The molecule has 8 nitrogen and oxygen atoms in total. The summed E-state index contributed by atoms with van der Waals surface area (Å²) in [7, 11) is -2.05. The number of nitrogens with zero attached hydrogens (tertiary/aromatic N) is 2. The number of aromatic nitrogens is 1. The normalized spacial score (nSPS) is 12.4. The summed E-state index contributed by atoms with van der Waals surface area (Å²) >= 11 is 0. The van der Waals surface area contributed by atoms with Crippen molar-refractivity contribution in [3.63, 3.8) is 0 Å². The lowest BCUT2D eigenvalue weighted by atomic mass is 10.1. The van der Waals surface area contributed by atoms with Crippen LogP contribution in [0.4, 0.5) is 5.69 Å². The predicted molar refractivity (Wildman–Crippen MR) is 118 cm³/mol. The van der Waals surface area contributed by atoms with Gasteiger partial charge in [-0.25, -0.2) is 4.99 Å². The van der Waals surface area contributed by atoms with Crippen molar-refractivity contribution in [1.82, 2.24) is 4.57 Å². The van der Waals surface area contributed by atoms with Crippen molar-refractivity contribution in [1.29, 1.82) is 0 Å². The van der Waals surface area contributed by atoms with Crippen molar-refractivity contribution < 1.29 is 18.7 Å². The Labute approximate surface area is 174 Å². The minimum Gasteiger partial charge on any atom is -0.506 e. The van der Waals surface area contributed by atoms with Crippen molar-refractivity contribution in [2.45, 2.75) is 13.8 Å². The first kappa shape index (κ1) is 21.8. The Morgan fingerprint density at radius 1 is 1.10 bits per heavy atom. The fourth-order valence-corrected chi connectivity index (χ4v) is 4.91. The van der Waals surface area contributed by atoms with E-state index in [1.165, 1.54) is 4.57 Å². The van der Waals surface area contributed by atoms with Gasteiger partial charge in [0.15, 0.2) is 0 Å². The molecule has 0 fully saturated rings. The number of rotatable bonds is 7. The van der Waals surface area contributed by atoms with Gasteiger partial charge in [0.05, 0.1) is 29.7 Å². The second-order valence-electron chi connectivity index (χ2n) is 6.42. The smallest absolute Gasteiger partial charge is 0.363 e. The highest BCUT2D eigenvalue weighted by Gasteiger charge is 2.30. The van der Waals surface area contributed by atoms with Gasteiger partial charge in [0.25, 0.3) is 5.56 Å². The van der Waals surface area contributed by atoms with Crippen LogP contribution in [0.25, 0.3) is 10.9 Å². The highest BCUT2D eigenvalue weighted by atomic mass is 31.2. The third-order valence-corrected chi connectivity index (χ3v) is 6.71. The van der Waals surface area contributed by atoms with Crippen LogP contribution in [0.2, 0.25) is 0 Å². The lowest BCUT2D eigenvalue weighted by Crippen LogP contribution is -2.29. The molecule has 0 aliphatic heterocycles. The van der Waals surface area contributed by atoms with E-state index >= 15 is 0 Å². The van der Waals surface area contributed by atoms with E-state index in [0.717, 1.165) is 0 Å². The van der Waals surface area contributed by atoms with Gasteiger partial charge in [-0.05, 0) is 38.1 Å². The number of para-hydroxylation sites is 2. The number of benzene rings is 2. The fourth-order valence-electron chi connectivity index (χ4n) is 3.20. The van der Waals surface area contributed by atoms with Crippen molar-refractivity contribution in [3.05, 3.63) is 64.4 Å². The first-order valence-corrected chi connectivity index (χ1v) is 11.0. The first-order chi connectivity index (χ1) is 14.3. The Kier molecular flexibility index (Phi) is 6.41. The second-order valence-corrected chi connectivity index (χ2v) is 8.42. The topological polar surface area (TPSA) is 116 Å². The summed E-state index contributed by atoms with van der Waals surface area (Å²) in [6.07, 6.45) is 0. The lowest BCUT2D eigenvalue weighted by molar-refractivity contribution is 0.230. The molecule has 0 radical (unpaired) electrons. The van der Waals surface area contributed by atoms with Crippen LogP contribution in [-0.4, -0.2) is 28.7 Å². The summed E-state index contributed by atoms with van der Waals surface area (Å²) in [6.45, 7) is 3.78. The monoisotopic (exact) mass is 429 g/mol. The number of amidine groups is 1. The zero-order valence-electron chi connectivity index (χ0n) is 17.0. The number of aromatic hydroxyl groups is 1. The molecule has 0 saturated carbocycles. The summed E-state index contributed by atoms with van der Waals surface area (Å²) in [5.41, 5.74) is 6.32. The number of hydrogen-bond donors (Lipinski definition) is 2. The van der Waals surface area contributed by atoms with Crippen molar-refractivity contribution in [3.8, 4) is 5.75 Å². The molecule has 0 aliphatic rings. The van der Waals surface area contributed by atoms with Crippen LogP contribution in [0.15, 0.2) is 58.3 Å². The molecule has 158 valence electrons. The van der Waals surface area contributed by atoms with Crippen molar-refractivity contribution >= 4 is 35.3 Å². The maximum Gasteiger partial charge on any atom is 0.363 e. The number of hydrogen-bond acceptors (Lipinski definition) is 6. The Morgan fingerprint density at radius 2 is 1.70 bits per heavy atom. The molecule has 0 atom stereocenters. The average Bonchev–Trinajstić information content (AvgIpc) is 2.73. The van der Waals surface area contributed by atoms with E-state index in [4.69, 9.17) is 14.8 Å². The van der Waals surface area contributed by atoms with Crippen molar-refractivity contribution in [2.75, 3.05) is 13.2 Å². The molecule has 3 aromatic rings.